The average Bonchev–Trinajstić information content (AvgIpc) is 3.09. The Morgan fingerprint density at radius 2 is 2.14 bits per heavy atom. The highest BCUT2D eigenvalue weighted by Gasteiger charge is 2.20. The van der Waals surface area contributed by atoms with E-state index in [1.807, 2.05) is 22.8 Å². The van der Waals surface area contributed by atoms with Gasteiger partial charge in [0.05, 0.1) is 18.0 Å². The van der Waals surface area contributed by atoms with Crippen LogP contribution in [0.5, 0.6) is 0 Å². The van der Waals surface area contributed by atoms with Crippen molar-refractivity contribution in [2.45, 2.75) is 37.8 Å². The van der Waals surface area contributed by atoms with Gasteiger partial charge in [-0.2, -0.15) is 0 Å². The molecule has 6 nitrogen and oxygen atoms in total. The number of aliphatic hydroxyl groups is 1. The Kier molecular flexibility index (Phi) is 3.51. The molecule has 3 aromatic rings. The van der Waals surface area contributed by atoms with Crippen LogP contribution in [0.4, 0.5) is 5.13 Å². The predicted molar refractivity (Wildman–Crippen MR) is 86.0 cm³/mol. The fourth-order valence-corrected chi connectivity index (χ4v) is 3.66. The van der Waals surface area contributed by atoms with Crippen molar-refractivity contribution in [2.75, 3.05) is 5.32 Å². The molecule has 0 unspecified atom stereocenters. The molecule has 1 aliphatic rings. The van der Waals surface area contributed by atoms with Crippen LogP contribution >= 0.6 is 11.3 Å². The van der Waals surface area contributed by atoms with Crippen LogP contribution in [0.2, 0.25) is 0 Å². The standard InChI is InChI=1S/C15H17N5OS/c21-12-5-3-11(4-6-12)17-14-19-20-9-13(18-15(20)22-14)10-2-1-7-16-8-10/h1-2,7-9,11-12,21H,3-6H2,(H,17,19). The van der Waals surface area contributed by atoms with Gasteiger partial charge in [-0.05, 0) is 37.8 Å². The van der Waals surface area contributed by atoms with Gasteiger partial charge in [-0.1, -0.05) is 11.3 Å². The third-order valence-corrected chi connectivity index (χ3v) is 4.88. The van der Waals surface area contributed by atoms with E-state index in [4.69, 9.17) is 0 Å². The zero-order valence-corrected chi connectivity index (χ0v) is 12.8. The first-order valence-electron chi connectivity index (χ1n) is 7.49. The monoisotopic (exact) mass is 315 g/mol. The maximum atomic E-state index is 9.55. The van der Waals surface area contributed by atoms with Crippen molar-refractivity contribution in [1.82, 2.24) is 19.6 Å². The summed E-state index contributed by atoms with van der Waals surface area (Å²) in [6, 6.07) is 4.30. The van der Waals surface area contributed by atoms with Gasteiger partial charge in [0.15, 0.2) is 0 Å². The maximum absolute atomic E-state index is 9.55. The number of aliphatic hydroxyl groups excluding tert-OH is 1. The van der Waals surface area contributed by atoms with E-state index in [9.17, 15) is 5.11 Å². The van der Waals surface area contributed by atoms with Crippen LogP contribution in [-0.4, -0.2) is 36.8 Å². The molecule has 4 rings (SSSR count). The third kappa shape index (κ3) is 2.69. The summed E-state index contributed by atoms with van der Waals surface area (Å²) in [5.74, 6) is 0. The maximum Gasteiger partial charge on any atom is 0.214 e. The fraction of sp³-hybridized carbons (Fsp3) is 0.400. The molecule has 0 aromatic carbocycles. The summed E-state index contributed by atoms with van der Waals surface area (Å²) in [7, 11) is 0. The van der Waals surface area contributed by atoms with Crippen LogP contribution in [0.25, 0.3) is 16.2 Å². The summed E-state index contributed by atoms with van der Waals surface area (Å²) in [6.07, 6.45) is 9.07. The van der Waals surface area contributed by atoms with Crippen molar-refractivity contribution in [3.05, 3.63) is 30.7 Å². The molecule has 7 heteroatoms. The number of rotatable bonds is 3. The minimum Gasteiger partial charge on any atom is -0.393 e. The van der Waals surface area contributed by atoms with Crippen molar-refractivity contribution in [3.8, 4) is 11.3 Å². The largest absolute Gasteiger partial charge is 0.393 e. The lowest BCUT2D eigenvalue weighted by atomic mass is 9.93. The number of nitrogens with one attached hydrogen (secondary N) is 1. The Hall–Kier alpha value is -1.99. The Labute approximate surface area is 131 Å². The summed E-state index contributed by atoms with van der Waals surface area (Å²) in [4.78, 5) is 9.60. The van der Waals surface area contributed by atoms with E-state index in [-0.39, 0.29) is 6.10 Å². The van der Waals surface area contributed by atoms with Gasteiger partial charge < -0.3 is 10.4 Å². The summed E-state index contributed by atoms with van der Waals surface area (Å²) in [6.45, 7) is 0. The number of anilines is 1. The summed E-state index contributed by atoms with van der Waals surface area (Å²) in [5.41, 5.74) is 1.88. The van der Waals surface area contributed by atoms with Gasteiger partial charge in [-0.15, -0.1) is 5.10 Å². The number of imidazole rings is 1. The number of hydrogen-bond donors (Lipinski definition) is 2. The normalized spacial score (nSPS) is 22.0. The minimum absolute atomic E-state index is 0.131. The number of pyridine rings is 1. The van der Waals surface area contributed by atoms with E-state index < -0.39 is 0 Å². The first kappa shape index (κ1) is 13.7. The zero-order valence-electron chi connectivity index (χ0n) is 12.0. The highest BCUT2D eigenvalue weighted by molar-refractivity contribution is 7.20. The Morgan fingerprint density at radius 3 is 2.86 bits per heavy atom. The van der Waals surface area contributed by atoms with Crippen molar-refractivity contribution < 1.29 is 5.11 Å². The van der Waals surface area contributed by atoms with Gasteiger partial charge in [0, 0.05) is 24.0 Å². The number of aromatic nitrogens is 4. The van der Waals surface area contributed by atoms with E-state index in [0.717, 1.165) is 47.0 Å². The average molecular weight is 315 g/mol. The predicted octanol–water partition coefficient (Wildman–Crippen LogP) is 2.57. The highest BCUT2D eigenvalue weighted by atomic mass is 32.1. The van der Waals surface area contributed by atoms with Crippen LogP contribution in [0.1, 0.15) is 25.7 Å². The minimum atomic E-state index is -0.131. The molecule has 3 aromatic heterocycles. The molecule has 0 atom stereocenters. The zero-order chi connectivity index (χ0) is 14.9. The number of nitrogens with zero attached hydrogens (tertiary/aromatic N) is 4. The Bertz CT molecular complexity index is 729. The van der Waals surface area contributed by atoms with Crippen molar-refractivity contribution in [2.24, 2.45) is 0 Å². The summed E-state index contributed by atoms with van der Waals surface area (Å²) < 4.78 is 1.81. The van der Waals surface area contributed by atoms with Crippen LogP contribution in [-0.2, 0) is 0 Å². The van der Waals surface area contributed by atoms with Crippen LogP contribution in [0.15, 0.2) is 30.7 Å². The lowest BCUT2D eigenvalue weighted by molar-refractivity contribution is 0.126. The summed E-state index contributed by atoms with van der Waals surface area (Å²) >= 11 is 1.55. The molecule has 0 saturated heterocycles. The molecule has 114 valence electrons. The molecular weight excluding hydrogens is 298 g/mol. The highest BCUT2D eigenvalue weighted by Crippen LogP contribution is 2.27. The lowest BCUT2D eigenvalue weighted by Gasteiger charge is -2.25. The molecule has 1 fully saturated rings. The van der Waals surface area contributed by atoms with Gasteiger partial charge in [0.2, 0.25) is 10.1 Å². The molecule has 0 amide bonds. The second-order valence-corrected chi connectivity index (χ2v) is 6.61. The topological polar surface area (TPSA) is 75.3 Å². The molecule has 22 heavy (non-hydrogen) atoms. The van der Waals surface area contributed by atoms with Gasteiger partial charge in [0.1, 0.15) is 0 Å². The van der Waals surface area contributed by atoms with Gasteiger partial charge in [-0.3, -0.25) is 4.98 Å². The van der Waals surface area contributed by atoms with Crippen LogP contribution in [0.3, 0.4) is 0 Å². The molecule has 0 aliphatic heterocycles. The van der Waals surface area contributed by atoms with E-state index in [2.05, 4.69) is 20.4 Å². The van der Waals surface area contributed by atoms with Crippen molar-refractivity contribution >= 4 is 21.4 Å². The van der Waals surface area contributed by atoms with E-state index in [0.29, 0.717) is 6.04 Å². The summed E-state index contributed by atoms with van der Waals surface area (Å²) in [5, 5.41) is 18.5. The van der Waals surface area contributed by atoms with Crippen LogP contribution in [0, 0.1) is 0 Å². The second kappa shape index (κ2) is 5.66. The van der Waals surface area contributed by atoms with E-state index >= 15 is 0 Å². The van der Waals surface area contributed by atoms with Gasteiger partial charge in [-0.25, -0.2) is 9.50 Å². The molecule has 0 radical (unpaired) electrons. The molecular formula is C15H17N5OS. The first-order valence-corrected chi connectivity index (χ1v) is 8.31. The number of fused-ring (bicyclic) bond motifs is 1. The molecule has 2 N–H and O–H groups in total. The SMILES string of the molecule is OC1CCC(Nc2nn3cc(-c4cccnc4)nc3s2)CC1. The molecule has 0 bridgehead atoms. The first-order chi connectivity index (χ1) is 10.8. The van der Waals surface area contributed by atoms with E-state index in [1.54, 1.807) is 23.7 Å². The fourth-order valence-electron chi connectivity index (χ4n) is 2.81. The van der Waals surface area contributed by atoms with Gasteiger partial charge in [0.25, 0.3) is 0 Å². The van der Waals surface area contributed by atoms with Crippen molar-refractivity contribution in [1.29, 1.82) is 0 Å². The van der Waals surface area contributed by atoms with Gasteiger partial charge >= 0.3 is 0 Å². The van der Waals surface area contributed by atoms with Crippen LogP contribution < -0.4 is 5.32 Å². The molecule has 3 heterocycles. The van der Waals surface area contributed by atoms with Crippen molar-refractivity contribution in [3.63, 3.8) is 0 Å². The smallest absolute Gasteiger partial charge is 0.214 e. The lowest BCUT2D eigenvalue weighted by Crippen LogP contribution is -2.28. The Balaban J connectivity index is 1.51. The molecule has 0 spiro atoms. The second-order valence-electron chi connectivity index (χ2n) is 5.65. The Morgan fingerprint density at radius 1 is 1.27 bits per heavy atom. The number of hydrogen-bond acceptors (Lipinski definition) is 6. The molecule has 1 saturated carbocycles. The third-order valence-electron chi connectivity index (χ3n) is 4.02. The quantitative estimate of drug-likeness (QED) is 0.777. The molecule has 1 aliphatic carbocycles. The van der Waals surface area contributed by atoms with E-state index in [1.165, 1.54) is 0 Å².